The number of pyridine rings is 1. The van der Waals surface area contributed by atoms with Crippen LogP contribution < -0.4 is 16.4 Å². The Balaban J connectivity index is 2.19. The molecule has 2 heterocycles. The summed E-state index contributed by atoms with van der Waals surface area (Å²) in [5, 5.41) is 2.64. The van der Waals surface area contributed by atoms with E-state index in [1.165, 1.54) is 23.8 Å². The molecule has 1 aromatic carbocycles. The number of carbonyl (C=O) groups is 1. The van der Waals surface area contributed by atoms with Gasteiger partial charge in [-0.1, -0.05) is 11.6 Å². The number of halogens is 3. The van der Waals surface area contributed by atoms with Crippen molar-refractivity contribution in [1.29, 1.82) is 0 Å². The molecule has 0 saturated carbocycles. The third kappa shape index (κ3) is 3.38. The normalized spacial score (nSPS) is 12.8. The molecule has 9 heteroatoms. The number of amides is 1. The van der Waals surface area contributed by atoms with Crippen molar-refractivity contribution in [1.82, 2.24) is 10.0 Å². The number of benzene rings is 1. The van der Waals surface area contributed by atoms with Crippen LogP contribution >= 0.6 is 34.2 Å². The largest absolute Gasteiger partial charge is 0.351 e. The molecule has 2 aromatic rings. The van der Waals surface area contributed by atoms with Crippen LogP contribution in [0.15, 0.2) is 23.0 Å². The topological polar surface area (TPSA) is 72.4 Å². The summed E-state index contributed by atoms with van der Waals surface area (Å²) in [6.45, 7) is 0.485. The summed E-state index contributed by atoms with van der Waals surface area (Å²) in [7, 11) is 1.31. The molecule has 3 rings (SSSR count). The van der Waals surface area contributed by atoms with E-state index in [9.17, 15) is 14.0 Å². The van der Waals surface area contributed by atoms with E-state index in [0.717, 1.165) is 9.99 Å². The second-order valence-corrected chi connectivity index (χ2v) is 7.08. The second-order valence-electron chi connectivity index (χ2n) is 5.46. The van der Waals surface area contributed by atoms with Gasteiger partial charge in [-0.15, -0.1) is 0 Å². The molecule has 1 aromatic heterocycles. The zero-order valence-corrected chi connectivity index (χ0v) is 16.1. The van der Waals surface area contributed by atoms with Crippen LogP contribution in [0.3, 0.4) is 0 Å². The van der Waals surface area contributed by atoms with Gasteiger partial charge < -0.3 is 9.88 Å². The molecule has 0 unspecified atom stereocenters. The van der Waals surface area contributed by atoms with Crippen molar-refractivity contribution >= 4 is 51.5 Å². The van der Waals surface area contributed by atoms with Gasteiger partial charge in [0, 0.05) is 15.8 Å². The van der Waals surface area contributed by atoms with Crippen molar-refractivity contribution in [3.05, 3.63) is 54.2 Å². The Bertz CT molecular complexity index is 916. The molecular weight excluding hydrogens is 464 g/mol. The van der Waals surface area contributed by atoms with Crippen molar-refractivity contribution in [2.45, 2.75) is 19.4 Å². The first-order valence-electron chi connectivity index (χ1n) is 7.44. The van der Waals surface area contributed by atoms with E-state index in [1.807, 2.05) is 22.6 Å². The number of carbonyl (C=O) groups excluding carboxylic acids is 1. The SMILES string of the molecule is CONC(=O)c1c(Nc2ccc(I)cc2F)c(Cl)c(=O)n2c1CCC2. The van der Waals surface area contributed by atoms with Crippen LogP contribution in [0.1, 0.15) is 22.5 Å². The number of hydrogen-bond donors (Lipinski definition) is 2. The van der Waals surface area contributed by atoms with Gasteiger partial charge in [-0.3, -0.25) is 14.4 Å². The fourth-order valence-electron chi connectivity index (χ4n) is 2.87. The minimum Gasteiger partial charge on any atom is -0.351 e. The molecule has 0 saturated heterocycles. The van der Waals surface area contributed by atoms with E-state index < -0.39 is 17.3 Å². The van der Waals surface area contributed by atoms with E-state index in [4.69, 9.17) is 16.4 Å². The van der Waals surface area contributed by atoms with Crippen molar-refractivity contribution in [3.63, 3.8) is 0 Å². The first kappa shape index (κ1) is 18.2. The van der Waals surface area contributed by atoms with E-state index in [0.29, 0.717) is 18.7 Å². The summed E-state index contributed by atoms with van der Waals surface area (Å²) in [4.78, 5) is 29.6. The smallest absolute Gasteiger partial charge is 0.278 e. The predicted octanol–water partition coefficient (Wildman–Crippen LogP) is 3.23. The van der Waals surface area contributed by atoms with Gasteiger partial charge in [0.15, 0.2) is 0 Å². The van der Waals surface area contributed by atoms with Crippen LogP contribution in [0.5, 0.6) is 0 Å². The highest BCUT2D eigenvalue weighted by Crippen LogP contribution is 2.33. The summed E-state index contributed by atoms with van der Waals surface area (Å²) in [6.07, 6.45) is 1.27. The molecule has 2 N–H and O–H groups in total. The Morgan fingerprint density at radius 1 is 1.44 bits per heavy atom. The van der Waals surface area contributed by atoms with Crippen LogP contribution in [-0.4, -0.2) is 17.6 Å². The molecular formula is C16H14ClFIN3O3. The number of nitrogens with one attached hydrogen (secondary N) is 2. The van der Waals surface area contributed by atoms with E-state index in [-0.39, 0.29) is 22.0 Å². The van der Waals surface area contributed by atoms with Gasteiger partial charge in [-0.25, -0.2) is 9.87 Å². The maximum absolute atomic E-state index is 14.2. The van der Waals surface area contributed by atoms with Crippen LogP contribution in [0.2, 0.25) is 5.02 Å². The summed E-state index contributed by atoms with van der Waals surface area (Å²) in [5.74, 6) is -1.06. The highest BCUT2D eigenvalue weighted by molar-refractivity contribution is 14.1. The zero-order chi connectivity index (χ0) is 18.1. The van der Waals surface area contributed by atoms with Crippen molar-refractivity contribution < 1.29 is 14.0 Å². The molecule has 1 amide bonds. The number of nitrogens with zero attached hydrogens (tertiary/aromatic N) is 1. The molecule has 6 nitrogen and oxygen atoms in total. The monoisotopic (exact) mass is 477 g/mol. The Morgan fingerprint density at radius 2 is 2.20 bits per heavy atom. The van der Waals surface area contributed by atoms with Crippen LogP contribution in [0, 0.1) is 9.39 Å². The summed E-state index contributed by atoms with van der Waals surface area (Å²) < 4.78 is 16.4. The third-order valence-corrected chi connectivity index (χ3v) is 4.95. The molecule has 0 atom stereocenters. The second kappa shape index (κ2) is 7.30. The number of aromatic nitrogens is 1. The zero-order valence-electron chi connectivity index (χ0n) is 13.2. The first-order valence-corrected chi connectivity index (χ1v) is 8.90. The van der Waals surface area contributed by atoms with Gasteiger partial charge in [0.2, 0.25) is 0 Å². The lowest BCUT2D eigenvalue weighted by molar-refractivity contribution is 0.0537. The fraction of sp³-hybridized carbons (Fsp3) is 0.250. The average molecular weight is 478 g/mol. The molecule has 1 aliphatic rings. The number of hydroxylamine groups is 1. The fourth-order valence-corrected chi connectivity index (χ4v) is 3.57. The molecule has 25 heavy (non-hydrogen) atoms. The molecule has 1 aliphatic heterocycles. The van der Waals surface area contributed by atoms with Gasteiger partial charge in [0.1, 0.15) is 10.8 Å². The highest BCUT2D eigenvalue weighted by atomic mass is 127. The minimum atomic E-state index is -0.552. The van der Waals surface area contributed by atoms with Crippen molar-refractivity contribution in [2.24, 2.45) is 0 Å². The molecule has 0 radical (unpaired) electrons. The average Bonchev–Trinajstić information content (AvgIpc) is 3.04. The quantitative estimate of drug-likeness (QED) is 0.524. The number of hydrogen-bond acceptors (Lipinski definition) is 4. The lowest BCUT2D eigenvalue weighted by Crippen LogP contribution is -2.30. The van der Waals surface area contributed by atoms with Gasteiger partial charge in [-0.05, 0) is 53.6 Å². The van der Waals surface area contributed by atoms with E-state index in [1.54, 1.807) is 6.07 Å². The lowest BCUT2D eigenvalue weighted by atomic mass is 10.1. The standard InChI is InChI=1S/C16H14ClFIN3O3/c1-25-21-15(23)12-11-3-2-6-22(11)16(24)13(17)14(12)20-10-5-4-8(19)7-9(10)18/h4-5,7,20H,2-3,6H2,1H3,(H,21,23). The van der Waals surface area contributed by atoms with Crippen LogP contribution in [0.4, 0.5) is 15.8 Å². The molecule has 132 valence electrons. The summed E-state index contributed by atoms with van der Waals surface area (Å²) >= 11 is 8.21. The summed E-state index contributed by atoms with van der Waals surface area (Å²) in [6, 6.07) is 4.57. The van der Waals surface area contributed by atoms with Crippen LogP contribution in [-0.2, 0) is 17.8 Å². The maximum Gasteiger partial charge on any atom is 0.278 e. The summed E-state index contributed by atoms with van der Waals surface area (Å²) in [5.41, 5.74) is 2.77. The van der Waals surface area contributed by atoms with E-state index in [2.05, 4.69) is 10.8 Å². The number of rotatable bonds is 4. The molecule has 0 fully saturated rings. The van der Waals surface area contributed by atoms with Gasteiger partial charge in [-0.2, -0.15) is 0 Å². The molecule has 0 spiro atoms. The maximum atomic E-state index is 14.2. The van der Waals surface area contributed by atoms with Crippen LogP contribution in [0.25, 0.3) is 0 Å². The minimum absolute atomic E-state index is 0.0782. The van der Waals surface area contributed by atoms with Gasteiger partial charge >= 0.3 is 0 Å². The molecule has 0 aliphatic carbocycles. The third-order valence-electron chi connectivity index (χ3n) is 3.92. The lowest BCUT2D eigenvalue weighted by Gasteiger charge is -2.18. The Labute approximate surface area is 161 Å². The predicted molar refractivity (Wildman–Crippen MR) is 101 cm³/mol. The Kier molecular flexibility index (Phi) is 5.30. The molecule has 0 bridgehead atoms. The first-order chi connectivity index (χ1) is 11.9. The Morgan fingerprint density at radius 3 is 2.88 bits per heavy atom. The van der Waals surface area contributed by atoms with Gasteiger partial charge in [0.25, 0.3) is 11.5 Å². The van der Waals surface area contributed by atoms with Crippen molar-refractivity contribution in [3.8, 4) is 0 Å². The number of fused-ring (bicyclic) bond motifs is 1. The Hall–Kier alpha value is -1.65. The number of anilines is 2. The highest BCUT2D eigenvalue weighted by Gasteiger charge is 2.28. The van der Waals surface area contributed by atoms with E-state index >= 15 is 0 Å². The van der Waals surface area contributed by atoms with Gasteiger partial charge in [0.05, 0.1) is 24.0 Å². The van der Waals surface area contributed by atoms with Crippen molar-refractivity contribution in [2.75, 3.05) is 12.4 Å².